The molecular weight excluding hydrogens is 236 g/mol. The first-order valence-electron chi connectivity index (χ1n) is 7.71. The van der Waals surface area contributed by atoms with Crippen LogP contribution in [0.15, 0.2) is 24.3 Å². The third kappa shape index (κ3) is 4.22. The molecule has 1 saturated heterocycles. The van der Waals surface area contributed by atoms with Gasteiger partial charge in [0, 0.05) is 18.4 Å². The topological polar surface area (TPSA) is 30.3 Å². The number of benzene rings is 1. The molecule has 1 aromatic rings. The molecule has 2 atom stereocenters. The minimum atomic E-state index is 0.739. The summed E-state index contributed by atoms with van der Waals surface area (Å²) in [4.78, 5) is 1.79. The first-order chi connectivity index (χ1) is 9.33. The SMILES string of the molecule is CCOc1ccc(C[NH2+]C[C@H]2CCC[NH+]2CC)cc1. The van der Waals surface area contributed by atoms with E-state index >= 15 is 0 Å². The molecule has 106 valence electrons. The predicted octanol–water partition coefficient (Wildman–Crippen LogP) is 0.216. The van der Waals surface area contributed by atoms with Gasteiger partial charge in [0.15, 0.2) is 0 Å². The second-order valence-electron chi connectivity index (χ2n) is 5.41. The summed E-state index contributed by atoms with van der Waals surface area (Å²) in [6, 6.07) is 9.38. The number of likely N-dealkylation sites (tertiary alicyclic amines) is 1. The molecular formula is C16H28N2O+2. The van der Waals surface area contributed by atoms with Gasteiger partial charge in [0.1, 0.15) is 24.9 Å². The molecule has 1 heterocycles. The van der Waals surface area contributed by atoms with E-state index in [4.69, 9.17) is 4.74 Å². The van der Waals surface area contributed by atoms with Gasteiger partial charge in [-0.25, -0.2) is 0 Å². The maximum atomic E-state index is 5.46. The average Bonchev–Trinajstić information content (AvgIpc) is 2.88. The van der Waals surface area contributed by atoms with Crippen LogP contribution in [0.25, 0.3) is 0 Å². The molecule has 1 aliphatic rings. The van der Waals surface area contributed by atoms with Crippen molar-refractivity contribution in [2.24, 2.45) is 0 Å². The fraction of sp³-hybridized carbons (Fsp3) is 0.625. The summed E-state index contributed by atoms with van der Waals surface area (Å²) in [5, 5.41) is 2.46. The number of rotatable bonds is 7. The molecule has 0 aliphatic carbocycles. The summed E-state index contributed by atoms with van der Waals surface area (Å²) >= 11 is 0. The highest BCUT2D eigenvalue weighted by Crippen LogP contribution is 2.11. The van der Waals surface area contributed by atoms with E-state index in [9.17, 15) is 0 Å². The van der Waals surface area contributed by atoms with Crippen molar-refractivity contribution in [2.75, 3.05) is 26.2 Å². The molecule has 0 radical (unpaired) electrons. The van der Waals surface area contributed by atoms with Crippen LogP contribution in [0.5, 0.6) is 5.75 Å². The summed E-state index contributed by atoms with van der Waals surface area (Å²) in [6.45, 7) is 10.1. The van der Waals surface area contributed by atoms with E-state index in [-0.39, 0.29) is 0 Å². The lowest BCUT2D eigenvalue weighted by molar-refractivity contribution is -0.925. The summed E-state index contributed by atoms with van der Waals surface area (Å²) in [5.74, 6) is 0.976. The van der Waals surface area contributed by atoms with Crippen molar-refractivity contribution >= 4 is 0 Å². The van der Waals surface area contributed by atoms with Crippen molar-refractivity contribution in [1.82, 2.24) is 0 Å². The first kappa shape index (κ1) is 14.4. The zero-order chi connectivity index (χ0) is 13.5. The van der Waals surface area contributed by atoms with Crippen LogP contribution >= 0.6 is 0 Å². The molecule has 3 N–H and O–H groups in total. The predicted molar refractivity (Wildman–Crippen MR) is 77.5 cm³/mol. The van der Waals surface area contributed by atoms with E-state index in [1.807, 2.05) is 6.92 Å². The number of hydrogen-bond acceptors (Lipinski definition) is 1. The molecule has 1 aromatic carbocycles. The molecule has 3 heteroatoms. The summed E-state index contributed by atoms with van der Waals surface area (Å²) in [6.07, 6.45) is 2.81. The Morgan fingerprint density at radius 1 is 1.26 bits per heavy atom. The Labute approximate surface area is 116 Å². The largest absolute Gasteiger partial charge is 0.494 e. The van der Waals surface area contributed by atoms with E-state index in [1.165, 1.54) is 38.0 Å². The number of nitrogens with one attached hydrogen (secondary N) is 1. The molecule has 0 saturated carbocycles. The van der Waals surface area contributed by atoms with Crippen molar-refractivity contribution in [3.63, 3.8) is 0 Å². The Bertz CT molecular complexity index is 364. The van der Waals surface area contributed by atoms with Gasteiger partial charge in [0.2, 0.25) is 0 Å². The van der Waals surface area contributed by atoms with E-state index in [2.05, 4.69) is 36.5 Å². The summed E-state index contributed by atoms with van der Waals surface area (Å²) in [7, 11) is 0. The van der Waals surface area contributed by atoms with Crippen LogP contribution in [0, 0.1) is 0 Å². The van der Waals surface area contributed by atoms with E-state index in [0.717, 1.165) is 24.9 Å². The monoisotopic (exact) mass is 264 g/mol. The van der Waals surface area contributed by atoms with Gasteiger partial charge in [-0.05, 0) is 38.1 Å². The van der Waals surface area contributed by atoms with Gasteiger partial charge < -0.3 is 15.0 Å². The van der Waals surface area contributed by atoms with Crippen LogP contribution in [0.4, 0.5) is 0 Å². The number of quaternary nitrogens is 2. The fourth-order valence-corrected chi connectivity index (χ4v) is 3.07. The zero-order valence-corrected chi connectivity index (χ0v) is 12.3. The average molecular weight is 264 g/mol. The van der Waals surface area contributed by atoms with Crippen molar-refractivity contribution in [2.45, 2.75) is 39.3 Å². The van der Waals surface area contributed by atoms with Gasteiger partial charge in [0.25, 0.3) is 0 Å². The molecule has 19 heavy (non-hydrogen) atoms. The summed E-state index contributed by atoms with van der Waals surface area (Å²) in [5.41, 5.74) is 1.39. The van der Waals surface area contributed by atoms with Crippen molar-refractivity contribution in [3.8, 4) is 5.75 Å². The van der Waals surface area contributed by atoms with Crippen molar-refractivity contribution in [1.29, 1.82) is 0 Å². The lowest BCUT2D eigenvalue weighted by Gasteiger charge is -2.18. The van der Waals surface area contributed by atoms with Gasteiger partial charge in [0.05, 0.1) is 19.7 Å². The minimum absolute atomic E-state index is 0.739. The molecule has 1 unspecified atom stereocenters. The summed E-state index contributed by atoms with van der Waals surface area (Å²) < 4.78 is 5.46. The second kappa shape index (κ2) is 7.51. The zero-order valence-electron chi connectivity index (χ0n) is 12.3. The molecule has 0 bridgehead atoms. The van der Waals surface area contributed by atoms with Gasteiger partial charge >= 0.3 is 0 Å². The maximum absolute atomic E-state index is 5.46. The van der Waals surface area contributed by atoms with Crippen LogP contribution < -0.4 is 15.0 Å². The van der Waals surface area contributed by atoms with Crippen LogP contribution in [0.1, 0.15) is 32.3 Å². The lowest BCUT2D eigenvalue weighted by Crippen LogP contribution is -3.16. The number of likely N-dealkylation sites (N-methyl/N-ethyl adjacent to an activating group) is 1. The molecule has 0 spiro atoms. The Balaban J connectivity index is 1.73. The van der Waals surface area contributed by atoms with E-state index in [0.29, 0.717) is 0 Å². The van der Waals surface area contributed by atoms with Crippen molar-refractivity contribution < 1.29 is 15.0 Å². The number of ether oxygens (including phenoxy) is 1. The molecule has 3 nitrogen and oxygen atoms in total. The Morgan fingerprint density at radius 3 is 2.74 bits per heavy atom. The Hall–Kier alpha value is -1.06. The fourth-order valence-electron chi connectivity index (χ4n) is 3.07. The van der Waals surface area contributed by atoms with Gasteiger partial charge in [-0.15, -0.1) is 0 Å². The smallest absolute Gasteiger partial charge is 0.137 e. The Kier molecular flexibility index (Phi) is 5.67. The normalized spacial score (nSPS) is 22.6. The minimum Gasteiger partial charge on any atom is -0.494 e. The molecule has 0 aromatic heterocycles. The Morgan fingerprint density at radius 2 is 2.05 bits per heavy atom. The standard InChI is InChI=1S/C16H26N2O/c1-3-18-11-5-6-15(18)13-17-12-14-7-9-16(10-8-14)19-4-2/h7-10,15,17H,3-6,11-13H2,1-2H3/p+2/t15-/m1/s1. The van der Waals surface area contributed by atoms with Gasteiger partial charge in [-0.2, -0.15) is 0 Å². The highest BCUT2D eigenvalue weighted by Gasteiger charge is 2.27. The molecule has 1 aliphatic heterocycles. The van der Waals surface area contributed by atoms with Crippen molar-refractivity contribution in [3.05, 3.63) is 29.8 Å². The highest BCUT2D eigenvalue weighted by atomic mass is 16.5. The van der Waals surface area contributed by atoms with E-state index in [1.54, 1.807) is 4.90 Å². The third-order valence-electron chi connectivity index (χ3n) is 4.15. The van der Waals surface area contributed by atoms with Gasteiger partial charge in [-0.3, -0.25) is 0 Å². The van der Waals surface area contributed by atoms with Crippen LogP contribution in [0.2, 0.25) is 0 Å². The quantitative estimate of drug-likeness (QED) is 0.725. The lowest BCUT2D eigenvalue weighted by atomic mass is 10.2. The van der Waals surface area contributed by atoms with Crippen LogP contribution in [0.3, 0.4) is 0 Å². The molecule has 2 rings (SSSR count). The van der Waals surface area contributed by atoms with Crippen LogP contribution in [-0.4, -0.2) is 32.3 Å². The second-order valence-corrected chi connectivity index (χ2v) is 5.41. The van der Waals surface area contributed by atoms with Crippen LogP contribution in [-0.2, 0) is 6.54 Å². The molecule has 0 amide bonds. The first-order valence-corrected chi connectivity index (χ1v) is 7.71. The third-order valence-corrected chi connectivity index (χ3v) is 4.15. The highest BCUT2D eigenvalue weighted by molar-refractivity contribution is 5.26. The molecule has 1 fully saturated rings. The number of hydrogen-bond donors (Lipinski definition) is 2. The maximum Gasteiger partial charge on any atom is 0.137 e. The number of nitrogens with two attached hydrogens (primary N) is 1. The van der Waals surface area contributed by atoms with Gasteiger partial charge in [-0.1, -0.05) is 0 Å². The van der Waals surface area contributed by atoms with E-state index < -0.39 is 0 Å².